The minimum atomic E-state index is -0.374. The lowest BCUT2D eigenvalue weighted by atomic mass is 10.1. The Morgan fingerprint density at radius 2 is 1.67 bits per heavy atom. The second kappa shape index (κ2) is 6.52. The molecule has 1 N–H and O–H groups in total. The lowest BCUT2D eigenvalue weighted by Crippen LogP contribution is -2.13. The van der Waals surface area contributed by atoms with E-state index in [0.717, 1.165) is 11.1 Å². The third-order valence-corrected chi connectivity index (χ3v) is 3.83. The van der Waals surface area contributed by atoms with Crippen molar-refractivity contribution in [3.63, 3.8) is 0 Å². The number of hydrogen-bond donors (Lipinski definition) is 1. The molecule has 0 aliphatic carbocycles. The Morgan fingerprint density at radius 3 is 2.24 bits per heavy atom. The van der Waals surface area contributed by atoms with E-state index in [-0.39, 0.29) is 11.5 Å². The van der Waals surface area contributed by atoms with Gasteiger partial charge in [-0.2, -0.15) is 0 Å². The molecule has 0 fully saturated rings. The normalized spacial score (nSPS) is 10.3. The van der Waals surface area contributed by atoms with Gasteiger partial charge < -0.3 is 5.32 Å². The van der Waals surface area contributed by atoms with E-state index >= 15 is 0 Å². The standard InChI is InChI=1S/C16H12Cl3NO/c1-9(2)11-8-10(6-7-12(11)17)20-16(21)15-13(18)4-3-5-14(15)19/h3-8H,1H2,2H3,(H,20,21). The van der Waals surface area contributed by atoms with Crippen LogP contribution in [0.3, 0.4) is 0 Å². The molecule has 0 saturated heterocycles. The van der Waals surface area contributed by atoms with Crippen LogP contribution < -0.4 is 5.32 Å². The van der Waals surface area contributed by atoms with Crippen LogP contribution in [-0.4, -0.2) is 5.91 Å². The fourth-order valence-electron chi connectivity index (χ4n) is 1.84. The van der Waals surface area contributed by atoms with Crippen LogP contribution in [0, 0.1) is 0 Å². The smallest absolute Gasteiger partial charge is 0.258 e. The summed E-state index contributed by atoms with van der Waals surface area (Å²) in [5.74, 6) is -0.374. The molecule has 2 rings (SSSR count). The Morgan fingerprint density at radius 1 is 1.05 bits per heavy atom. The summed E-state index contributed by atoms with van der Waals surface area (Å²) >= 11 is 18.1. The van der Waals surface area contributed by atoms with E-state index in [2.05, 4.69) is 11.9 Å². The van der Waals surface area contributed by atoms with Crippen molar-refractivity contribution in [3.8, 4) is 0 Å². The molecule has 108 valence electrons. The van der Waals surface area contributed by atoms with E-state index in [9.17, 15) is 4.79 Å². The predicted octanol–water partition coefficient (Wildman–Crippen LogP) is 5.93. The van der Waals surface area contributed by atoms with E-state index in [1.807, 2.05) is 6.92 Å². The van der Waals surface area contributed by atoms with Crippen molar-refractivity contribution in [1.82, 2.24) is 0 Å². The molecule has 0 aliphatic rings. The molecule has 0 spiro atoms. The molecule has 0 radical (unpaired) electrons. The van der Waals surface area contributed by atoms with Crippen molar-refractivity contribution in [2.45, 2.75) is 6.92 Å². The van der Waals surface area contributed by atoms with E-state index in [1.165, 1.54) is 0 Å². The average Bonchev–Trinajstić information content (AvgIpc) is 2.40. The number of amides is 1. The third-order valence-electron chi connectivity index (χ3n) is 2.87. The Kier molecular flexibility index (Phi) is 4.94. The van der Waals surface area contributed by atoms with Gasteiger partial charge in [-0.25, -0.2) is 0 Å². The van der Waals surface area contributed by atoms with Crippen molar-refractivity contribution in [2.24, 2.45) is 0 Å². The maximum Gasteiger partial charge on any atom is 0.258 e. The molecule has 2 nitrogen and oxygen atoms in total. The van der Waals surface area contributed by atoms with Crippen molar-refractivity contribution >= 4 is 52.0 Å². The molecule has 0 atom stereocenters. The predicted molar refractivity (Wildman–Crippen MR) is 90.6 cm³/mol. The third kappa shape index (κ3) is 3.59. The maximum absolute atomic E-state index is 12.3. The van der Waals surface area contributed by atoms with E-state index in [4.69, 9.17) is 34.8 Å². The fraction of sp³-hybridized carbons (Fsp3) is 0.0625. The highest BCUT2D eigenvalue weighted by Crippen LogP contribution is 2.28. The van der Waals surface area contributed by atoms with Crippen LogP contribution in [0.1, 0.15) is 22.8 Å². The average molecular weight is 341 g/mol. The van der Waals surface area contributed by atoms with Crippen LogP contribution in [0.15, 0.2) is 43.0 Å². The molecule has 5 heteroatoms. The first-order valence-electron chi connectivity index (χ1n) is 6.11. The topological polar surface area (TPSA) is 29.1 Å². The first-order valence-corrected chi connectivity index (χ1v) is 7.24. The van der Waals surface area contributed by atoms with Gasteiger partial charge in [-0.3, -0.25) is 4.79 Å². The molecule has 0 aliphatic heterocycles. The molecule has 0 saturated carbocycles. The zero-order valence-electron chi connectivity index (χ0n) is 11.2. The van der Waals surface area contributed by atoms with Gasteiger partial charge in [-0.05, 0) is 48.4 Å². The Labute approximate surface area is 138 Å². The molecule has 21 heavy (non-hydrogen) atoms. The van der Waals surface area contributed by atoms with Crippen LogP contribution in [0.2, 0.25) is 15.1 Å². The highest BCUT2D eigenvalue weighted by Gasteiger charge is 2.15. The molecule has 0 heterocycles. The SMILES string of the molecule is C=C(C)c1cc(NC(=O)c2c(Cl)cccc2Cl)ccc1Cl. The summed E-state index contributed by atoms with van der Waals surface area (Å²) in [5, 5.41) is 3.93. The first kappa shape index (κ1) is 15.9. The zero-order chi connectivity index (χ0) is 15.6. The van der Waals surface area contributed by atoms with Crippen molar-refractivity contribution in [2.75, 3.05) is 5.32 Å². The van der Waals surface area contributed by atoms with Crippen LogP contribution in [0.4, 0.5) is 5.69 Å². The summed E-state index contributed by atoms with van der Waals surface area (Å²) in [4.78, 5) is 12.3. The molecule has 0 aromatic heterocycles. The molecule has 2 aromatic rings. The van der Waals surface area contributed by atoms with Gasteiger partial charge in [0.25, 0.3) is 5.91 Å². The number of rotatable bonds is 3. The van der Waals surface area contributed by atoms with Gasteiger partial charge in [0, 0.05) is 10.7 Å². The van der Waals surface area contributed by atoms with Crippen LogP contribution in [-0.2, 0) is 0 Å². The summed E-state index contributed by atoms with van der Waals surface area (Å²) in [7, 11) is 0. The van der Waals surface area contributed by atoms with Crippen LogP contribution >= 0.6 is 34.8 Å². The highest BCUT2D eigenvalue weighted by molar-refractivity contribution is 6.40. The number of allylic oxidation sites excluding steroid dienone is 1. The van der Waals surface area contributed by atoms with Gasteiger partial charge >= 0.3 is 0 Å². The quantitative estimate of drug-likeness (QED) is 0.737. The monoisotopic (exact) mass is 339 g/mol. The summed E-state index contributed by atoms with van der Waals surface area (Å²) in [6.07, 6.45) is 0. The molecule has 0 bridgehead atoms. The Hall–Kier alpha value is -1.48. The fourth-order valence-corrected chi connectivity index (χ4v) is 2.69. The molecule has 0 unspecified atom stereocenters. The molecular weight excluding hydrogens is 329 g/mol. The minimum absolute atomic E-state index is 0.243. The highest BCUT2D eigenvalue weighted by atomic mass is 35.5. The summed E-state index contributed by atoms with van der Waals surface area (Å²) < 4.78 is 0. The molecule has 1 amide bonds. The van der Waals surface area contributed by atoms with Gasteiger partial charge in [-0.15, -0.1) is 0 Å². The minimum Gasteiger partial charge on any atom is -0.322 e. The summed E-state index contributed by atoms with van der Waals surface area (Å²) in [6.45, 7) is 5.70. The molecular formula is C16H12Cl3NO. The van der Waals surface area contributed by atoms with Gasteiger partial charge in [0.05, 0.1) is 15.6 Å². The van der Waals surface area contributed by atoms with Gasteiger partial charge in [0.15, 0.2) is 0 Å². The van der Waals surface area contributed by atoms with Gasteiger partial charge in [0.2, 0.25) is 0 Å². The lowest BCUT2D eigenvalue weighted by Gasteiger charge is -2.11. The largest absolute Gasteiger partial charge is 0.322 e. The Balaban J connectivity index is 2.32. The van der Waals surface area contributed by atoms with Gasteiger partial charge in [-0.1, -0.05) is 47.4 Å². The maximum atomic E-state index is 12.3. The Bertz CT molecular complexity index is 705. The number of carbonyl (C=O) groups excluding carboxylic acids is 1. The lowest BCUT2D eigenvalue weighted by molar-refractivity contribution is 0.102. The second-order valence-electron chi connectivity index (χ2n) is 4.53. The number of nitrogens with one attached hydrogen (secondary N) is 1. The number of anilines is 1. The molecule has 2 aromatic carbocycles. The van der Waals surface area contributed by atoms with Crippen molar-refractivity contribution < 1.29 is 4.79 Å². The van der Waals surface area contributed by atoms with E-state index < -0.39 is 0 Å². The number of halogens is 3. The van der Waals surface area contributed by atoms with E-state index in [1.54, 1.807) is 36.4 Å². The zero-order valence-corrected chi connectivity index (χ0v) is 13.5. The summed E-state index contributed by atoms with van der Waals surface area (Å²) in [5.41, 5.74) is 2.43. The summed E-state index contributed by atoms with van der Waals surface area (Å²) in [6, 6.07) is 10.1. The number of carbonyl (C=O) groups is 1. The van der Waals surface area contributed by atoms with Crippen molar-refractivity contribution in [1.29, 1.82) is 0 Å². The number of hydrogen-bond acceptors (Lipinski definition) is 1. The van der Waals surface area contributed by atoms with Crippen molar-refractivity contribution in [3.05, 3.63) is 69.2 Å². The van der Waals surface area contributed by atoms with Gasteiger partial charge in [0.1, 0.15) is 0 Å². The first-order chi connectivity index (χ1) is 9.90. The van der Waals surface area contributed by atoms with E-state index in [0.29, 0.717) is 20.8 Å². The second-order valence-corrected chi connectivity index (χ2v) is 5.75. The number of benzene rings is 2. The van der Waals surface area contributed by atoms with Crippen LogP contribution in [0.25, 0.3) is 5.57 Å². The van der Waals surface area contributed by atoms with Crippen LogP contribution in [0.5, 0.6) is 0 Å².